The summed E-state index contributed by atoms with van der Waals surface area (Å²) in [6.07, 6.45) is 0. The summed E-state index contributed by atoms with van der Waals surface area (Å²) in [5.41, 5.74) is 4.71. The third-order valence-electron chi connectivity index (χ3n) is 5.73. The highest BCUT2D eigenvalue weighted by atomic mass is 16.5. The van der Waals surface area contributed by atoms with Crippen LogP contribution >= 0.6 is 0 Å². The van der Waals surface area contributed by atoms with Gasteiger partial charge in [-0.25, -0.2) is 0 Å². The quantitative estimate of drug-likeness (QED) is 0.702. The average molecular weight is 399 g/mol. The van der Waals surface area contributed by atoms with Crippen molar-refractivity contribution in [3.63, 3.8) is 0 Å². The number of aromatic nitrogens is 2. The van der Waals surface area contributed by atoms with Crippen molar-refractivity contribution in [1.29, 1.82) is 10.7 Å². The summed E-state index contributed by atoms with van der Waals surface area (Å²) >= 11 is 0. The molecule has 1 saturated heterocycles. The van der Waals surface area contributed by atoms with E-state index in [0.29, 0.717) is 5.88 Å². The van der Waals surface area contributed by atoms with E-state index in [1.54, 1.807) is 0 Å². The largest absolute Gasteiger partial charge is 0.422 e. The highest BCUT2D eigenvalue weighted by Crippen LogP contribution is 2.45. The topological polar surface area (TPSA) is 98.0 Å². The Morgan fingerprint density at radius 2 is 1.80 bits per heavy atom. The monoisotopic (exact) mass is 399 g/mol. The molecule has 150 valence electrons. The molecule has 0 bridgehead atoms. The van der Waals surface area contributed by atoms with Crippen LogP contribution in [0.1, 0.15) is 17.0 Å². The molecule has 0 amide bonds. The molecule has 0 spiro atoms. The molecular formula is C23H21N5O2. The van der Waals surface area contributed by atoms with E-state index in [1.165, 1.54) is 0 Å². The molecule has 0 saturated carbocycles. The maximum atomic E-state index is 9.85. The molecule has 2 aliphatic heterocycles. The molecule has 0 aliphatic carbocycles. The first-order valence-corrected chi connectivity index (χ1v) is 9.98. The zero-order valence-corrected chi connectivity index (χ0v) is 16.3. The van der Waals surface area contributed by atoms with Gasteiger partial charge in [0, 0.05) is 24.7 Å². The lowest BCUT2D eigenvalue weighted by Gasteiger charge is -2.30. The second kappa shape index (κ2) is 7.65. The van der Waals surface area contributed by atoms with Gasteiger partial charge in [0.25, 0.3) is 0 Å². The van der Waals surface area contributed by atoms with E-state index in [9.17, 15) is 5.26 Å². The summed E-state index contributed by atoms with van der Waals surface area (Å²) in [5.74, 6) is -0.753. The van der Waals surface area contributed by atoms with Gasteiger partial charge in [0.1, 0.15) is 5.92 Å². The van der Waals surface area contributed by atoms with Gasteiger partial charge < -0.3 is 14.4 Å². The second-order valence-electron chi connectivity index (χ2n) is 7.43. The van der Waals surface area contributed by atoms with Gasteiger partial charge in [0.15, 0.2) is 0 Å². The Hall–Kier alpha value is -3.63. The van der Waals surface area contributed by atoms with E-state index in [4.69, 9.17) is 14.9 Å². The van der Waals surface area contributed by atoms with Crippen LogP contribution in [-0.4, -0.2) is 42.4 Å². The zero-order valence-electron chi connectivity index (χ0n) is 16.3. The molecule has 30 heavy (non-hydrogen) atoms. The number of nitrogens with one attached hydrogen (secondary N) is 2. The number of benzene rings is 2. The number of fused-ring (bicyclic) bond motifs is 1. The van der Waals surface area contributed by atoms with Crippen LogP contribution < -0.4 is 9.64 Å². The van der Waals surface area contributed by atoms with Crippen LogP contribution in [0.15, 0.2) is 54.6 Å². The Morgan fingerprint density at radius 1 is 1.07 bits per heavy atom. The van der Waals surface area contributed by atoms with Crippen LogP contribution in [0.4, 0.5) is 5.69 Å². The van der Waals surface area contributed by atoms with Gasteiger partial charge in [-0.1, -0.05) is 42.5 Å². The number of hydrogen-bond acceptors (Lipinski definition) is 6. The summed E-state index contributed by atoms with van der Waals surface area (Å²) in [6, 6.07) is 20.4. The number of nitriles is 1. The fourth-order valence-electron chi connectivity index (χ4n) is 4.22. The predicted molar refractivity (Wildman–Crippen MR) is 113 cm³/mol. The summed E-state index contributed by atoms with van der Waals surface area (Å²) in [7, 11) is 0. The van der Waals surface area contributed by atoms with E-state index in [2.05, 4.69) is 33.3 Å². The van der Waals surface area contributed by atoms with Crippen molar-refractivity contribution in [2.24, 2.45) is 5.92 Å². The molecule has 7 heteroatoms. The lowest BCUT2D eigenvalue weighted by atomic mass is 9.79. The first-order valence-electron chi connectivity index (χ1n) is 9.98. The fraction of sp³-hybridized carbons (Fsp3) is 0.261. The Bertz CT molecular complexity index is 1090. The Morgan fingerprint density at radius 3 is 2.50 bits per heavy atom. The van der Waals surface area contributed by atoms with Gasteiger partial charge in [-0.2, -0.15) is 5.26 Å². The minimum absolute atomic E-state index is 0.0710. The molecule has 2 unspecified atom stereocenters. The van der Waals surface area contributed by atoms with E-state index in [1.807, 2.05) is 42.5 Å². The van der Waals surface area contributed by atoms with Crippen LogP contribution in [0.3, 0.4) is 0 Å². The predicted octanol–water partition coefficient (Wildman–Crippen LogP) is 3.55. The number of nitrogens with zero attached hydrogens (tertiary/aromatic N) is 3. The molecular weight excluding hydrogens is 378 g/mol. The SMILES string of the molecule is N#CC1C(=N)Oc2n[nH]c(-c3ccccc3)c2C1c1ccc(N2CCOCC2)cc1. The fourth-order valence-corrected chi connectivity index (χ4v) is 4.22. The number of H-pyrrole nitrogens is 1. The maximum absolute atomic E-state index is 9.85. The first kappa shape index (κ1) is 18.4. The minimum atomic E-state index is -0.716. The first-order chi connectivity index (χ1) is 14.8. The summed E-state index contributed by atoms with van der Waals surface area (Å²) in [6.45, 7) is 3.20. The molecule has 0 radical (unpaired) electrons. The Labute approximate surface area is 174 Å². The van der Waals surface area contributed by atoms with Crippen molar-refractivity contribution in [2.75, 3.05) is 31.2 Å². The average Bonchev–Trinajstić information content (AvgIpc) is 3.23. The van der Waals surface area contributed by atoms with Crippen LogP contribution in [0, 0.1) is 22.7 Å². The third-order valence-corrected chi connectivity index (χ3v) is 5.73. The van der Waals surface area contributed by atoms with Gasteiger partial charge in [-0.05, 0) is 23.3 Å². The molecule has 5 rings (SSSR count). The summed E-state index contributed by atoms with van der Waals surface area (Å²) in [4.78, 5) is 2.29. The van der Waals surface area contributed by atoms with Crippen molar-refractivity contribution in [3.8, 4) is 23.2 Å². The molecule has 2 aromatic carbocycles. The molecule has 1 fully saturated rings. The lowest BCUT2D eigenvalue weighted by molar-refractivity contribution is 0.122. The van der Waals surface area contributed by atoms with E-state index < -0.39 is 5.92 Å². The van der Waals surface area contributed by atoms with Gasteiger partial charge in [0.2, 0.25) is 11.8 Å². The van der Waals surface area contributed by atoms with Crippen LogP contribution in [-0.2, 0) is 4.74 Å². The summed E-state index contributed by atoms with van der Waals surface area (Å²) < 4.78 is 11.0. The maximum Gasteiger partial charge on any atom is 0.244 e. The van der Waals surface area contributed by atoms with Crippen molar-refractivity contribution in [1.82, 2.24) is 10.2 Å². The van der Waals surface area contributed by atoms with Gasteiger partial charge >= 0.3 is 0 Å². The number of aromatic amines is 1. The van der Waals surface area contributed by atoms with Crippen LogP contribution in [0.25, 0.3) is 11.3 Å². The van der Waals surface area contributed by atoms with Crippen LogP contribution in [0.5, 0.6) is 5.88 Å². The standard InChI is InChI=1S/C23H21N5O2/c24-14-18-19(15-6-8-17(9-7-15)28-10-12-29-13-11-28)20-21(16-4-2-1-3-5-16)26-27-23(20)30-22(18)25/h1-9,18-19,25H,10-13H2,(H,26,27). The number of morpholine rings is 1. The normalized spacial score (nSPS) is 20.9. The van der Waals surface area contributed by atoms with Crippen molar-refractivity contribution in [2.45, 2.75) is 5.92 Å². The highest BCUT2D eigenvalue weighted by Gasteiger charge is 2.40. The van der Waals surface area contributed by atoms with E-state index in [-0.39, 0.29) is 11.8 Å². The Kier molecular flexibility index (Phi) is 4.69. The second-order valence-corrected chi connectivity index (χ2v) is 7.43. The molecule has 1 aromatic heterocycles. The number of anilines is 1. The van der Waals surface area contributed by atoms with Gasteiger partial charge in [-0.15, -0.1) is 5.10 Å². The van der Waals surface area contributed by atoms with Gasteiger partial charge in [-0.3, -0.25) is 10.5 Å². The van der Waals surface area contributed by atoms with Crippen LogP contribution in [0.2, 0.25) is 0 Å². The van der Waals surface area contributed by atoms with E-state index in [0.717, 1.165) is 54.4 Å². The highest BCUT2D eigenvalue weighted by molar-refractivity contribution is 5.86. The summed E-state index contributed by atoms with van der Waals surface area (Å²) in [5, 5.41) is 25.5. The Balaban J connectivity index is 1.58. The molecule has 2 aliphatic rings. The molecule has 7 nitrogen and oxygen atoms in total. The molecule has 3 heterocycles. The van der Waals surface area contributed by atoms with E-state index >= 15 is 0 Å². The zero-order chi connectivity index (χ0) is 20.5. The number of ether oxygens (including phenoxy) is 2. The number of rotatable bonds is 3. The van der Waals surface area contributed by atoms with Crippen molar-refractivity contribution in [3.05, 3.63) is 65.7 Å². The van der Waals surface area contributed by atoms with Crippen molar-refractivity contribution < 1.29 is 9.47 Å². The molecule has 2 atom stereocenters. The lowest BCUT2D eigenvalue weighted by Crippen LogP contribution is -2.36. The van der Waals surface area contributed by atoms with Crippen molar-refractivity contribution >= 4 is 11.6 Å². The van der Waals surface area contributed by atoms with Gasteiger partial charge in [0.05, 0.1) is 30.5 Å². The molecule has 2 N–H and O–H groups in total. The third kappa shape index (κ3) is 3.11. The molecule has 3 aromatic rings. The smallest absolute Gasteiger partial charge is 0.244 e. The minimum Gasteiger partial charge on any atom is -0.422 e. The number of hydrogen-bond donors (Lipinski definition) is 2.